The number of nitrogens with zero attached hydrogens (tertiary/aromatic N) is 6. The van der Waals surface area contributed by atoms with Crippen LogP contribution in [-0.2, 0) is 0 Å². The molecule has 10 nitrogen and oxygen atoms in total. The number of carbonyl (C=O) groups excluding carboxylic acids is 1. The first kappa shape index (κ1) is 22.6. The van der Waals surface area contributed by atoms with Gasteiger partial charge in [-0.2, -0.15) is 5.26 Å². The van der Waals surface area contributed by atoms with Crippen LogP contribution in [0.1, 0.15) is 27.9 Å². The molecule has 0 aliphatic carbocycles. The highest BCUT2D eigenvalue weighted by Crippen LogP contribution is 2.32. The Morgan fingerprint density at radius 3 is 2.89 bits per heavy atom. The number of thiophene rings is 1. The van der Waals surface area contributed by atoms with Crippen molar-refractivity contribution in [1.29, 1.82) is 5.26 Å². The molecular weight excluding hydrogens is 464 g/mol. The molecule has 4 heterocycles. The Hall–Kier alpha value is -4.14. The van der Waals surface area contributed by atoms with E-state index in [1.54, 1.807) is 23.1 Å². The number of aromatic nitrogens is 4. The van der Waals surface area contributed by atoms with Crippen molar-refractivity contribution < 1.29 is 9.21 Å². The average Bonchev–Trinajstić information content (AvgIpc) is 3.44. The number of amides is 1. The van der Waals surface area contributed by atoms with E-state index < -0.39 is 0 Å². The maximum Gasteiger partial charge on any atom is 0.270 e. The predicted molar refractivity (Wildman–Crippen MR) is 131 cm³/mol. The van der Waals surface area contributed by atoms with E-state index in [4.69, 9.17) is 10.2 Å². The van der Waals surface area contributed by atoms with Gasteiger partial charge in [0.1, 0.15) is 0 Å². The van der Waals surface area contributed by atoms with Crippen LogP contribution < -0.4 is 11.1 Å². The van der Waals surface area contributed by atoms with E-state index in [0.29, 0.717) is 41.4 Å². The molecule has 1 aromatic carbocycles. The summed E-state index contributed by atoms with van der Waals surface area (Å²) in [6, 6.07) is 9.16. The number of rotatable bonds is 4. The summed E-state index contributed by atoms with van der Waals surface area (Å²) in [6.45, 7) is 4.92. The summed E-state index contributed by atoms with van der Waals surface area (Å²) in [4.78, 5) is 24.5. The van der Waals surface area contributed by atoms with Crippen molar-refractivity contribution in [3.8, 4) is 39.7 Å². The molecule has 0 bridgehead atoms. The van der Waals surface area contributed by atoms with Crippen LogP contribution in [0.25, 0.3) is 33.6 Å². The number of nitrogens with two attached hydrogens (primary N) is 1. The SMILES string of the molecule is Cc1ccsc1-c1nnc(-c2nc(-c3ccc(C(=O)N4CCCNCC4)cc3C#N)cnc2N)o1. The first-order valence-electron chi connectivity index (χ1n) is 11.1. The van der Waals surface area contributed by atoms with Crippen LogP contribution >= 0.6 is 11.3 Å². The molecule has 3 aromatic heterocycles. The Bertz CT molecular complexity index is 1430. The molecule has 1 aliphatic heterocycles. The molecule has 0 saturated carbocycles. The first-order chi connectivity index (χ1) is 17.0. The summed E-state index contributed by atoms with van der Waals surface area (Å²) in [5, 5.41) is 23.3. The number of hydrogen-bond donors (Lipinski definition) is 2. The van der Waals surface area contributed by atoms with E-state index >= 15 is 0 Å². The summed E-state index contributed by atoms with van der Waals surface area (Å²) in [7, 11) is 0. The van der Waals surface area contributed by atoms with Crippen LogP contribution in [0.5, 0.6) is 0 Å². The second-order valence-corrected chi connectivity index (χ2v) is 9.02. The monoisotopic (exact) mass is 486 g/mol. The van der Waals surface area contributed by atoms with Gasteiger partial charge in [-0.3, -0.25) is 4.79 Å². The molecule has 1 saturated heterocycles. The molecule has 4 aromatic rings. The number of aryl methyl sites for hydroxylation is 1. The lowest BCUT2D eigenvalue weighted by atomic mass is 10.0. The molecule has 5 rings (SSSR count). The topological polar surface area (TPSA) is 147 Å². The normalized spacial score (nSPS) is 13.9. The van der Waals surface area contributed by atoms with Gasteiger partial charge in [0.05, 0.1) is 28.4 Å². The lowest BCUT2D eigenvalue weighted by Gasteiger charge is -2.20. The fraction of sp³-hybridized carbons (Fsp3) is 0.250. The second kappa shape index (κ2) is 9.61. The molecule has 176 valence electrons. The zero-order chi connectivity index (χ0) is 24.4. The summed E-state index contributed by atoms with van der Waals surface area (Å²) in [6.07, 6.45) is 2.37. The number of nitrogens with one attached hydrogen (secondary N) is 1. The van der Waals surface area contributed by atoms with Gasteiger partial charge in [0.25, 0.3) is 17.7 Å². The highest BCUT2D eigenvalue weighted by molar-refractivity contribution is 7.13. The number of carbonyl (C=O) groups is 1. The maximum atomic E-state index is 13.0. The van der Waals surface area contributed by atoms with E-state index in [1.807, 2.05) is 18.4 Å². The minimum atomic E-state index is -0.0944. The van der Waals surface area contributed by atoms with Crippen LogP contribution in [0.2, 0.25) is 0 Å². The van der Waals surface area contributed by atoms with E-state index in [9.17, 15) is 10.1 Å². The zero-order valence-corrected chi connectivity index (χ0v) is 19.8. The van der Waals surface area contributed by atoms with E-state index in [0.717, 1.165) is 30.0 Å². The number of benzene rings is 1. The van der Waals surface area contributed by atoms with Crippen molar-refractivity contribution in [2.45, 2.75) is 13.3 Å². The summed E-state index contributed by atoms with van der Waals surface area (Å²) in [5.74, 6) is 0.554. The standard InChI is InChI=1S/C24H22N8O2S/c1-14-5-10-35-20(14)23-31-30-22(34-23)19-21(26)28-13-18(29-19)17-4-3-15(11-16(17)12-25)24(33)32-8-2-6-27-7-9-32/h3-5,10-11,13,27H,2,6-9H2,1H3,(H2,26,28). The average molecular weight is 487 g/mol. The third-order valence-corrected chi connectivity index (χ3v) is 6.78. The van der Waals surface area contributed by atoms with Crippen LogP contribution in [-0.4, -0.2) is 57.2 Å². The highest BCUT2D eigenvalue weighted by atomic mass is 32.1. The summed E-state index contributed by atoms with van der Waals surface area (Å²) >= 11 is 1.50. The first-order valence-corrected chi connectivity index (χ1v) is 12.0. The van der Waals surface area contributed by atoms with Gasteiger partial charge in [-0.1, -0.05) is 6.07 Å². The minimum Gasteiger partial charge on any atom is -0.414 e. The third-order valence-electron chi connectivity index (χ3n) is 5.77. The van der Waals surface area contributed by atoms with Gasteiger partial charge in [0.2, 0.25) is 0 Å². The smallest absolute Gasteiger partial charge is 0.270 e. The molecule has 0 unspecified atom stereocenters. The number of nitriles is 1. The fourth-order valence-electron chi connectivity index (χ4n) is 3.91. The highest BCUT2D eigenvalue weighted by Gasteiger charge is 2.21. The largest absolute Gasteiger partial charge is 0.414 e. The molecule has 35 heavy (non-hydrogen) atoms. The van der Waals surface area contributed by atoms with Gasteiger partial charge >= 0.3 is 0 Å². The van der Waals surface area contributed by atoms with E-state index in [2.05, 4.69) is 31.6 Å². The van der Waals surface area contributed by atoms with Gasteiger partial charge in [0, 0.05) is 30.8 Å². The van der Waals surface area contributed by atoms with Crippen LogP contribution in [0.15, 0.2) is 40.3 Å². The van der Waals surface area contributed by atoms with Crippen LogP contribution in [0.3, 0.4) is 0 Å². The zero-order valence-electron chi connectivity index (χ0n) is 19.0. The molecule has 0 spiro atoms. The van der Waals surface area contributed by atoms with Crippen molar-refractivity contribution in [2.24, 2.45) is 0 Å². The third kappa shape index (κ3) is 4.49. The van der Waals surface area contributed by atoms with E-state index in [1.165, 1.54) is 17.5 Å². The number of nitrogen functional groups attached to an aromatic ring is 1. The molecule has 1 aliphatic rings. The molecule has 1 fully saturated rings. The second-order valence-electron chi connectivity index (χ2n) is 8.10. The van der Waals surface area contributed by atoms with Gasteiger partial charge in [-0.25, -0.2) is 9.97 Å². The number of anilines is 1. The van der Waals surface area contributed by atoms with Crippen molar-refractivity contribution in [2.75, 3.05) is 31.9 Å². The maximum absolute atomic E-state index is 13.0. The van der Waals surface area contributed by atoms with Crippen LogP contribution in [0, 0.1) is 18.3 Å². The van der Waals surface area contributed by atoms with Gasteiger partial charge in [-0.15, -0.1) is 21.5 Å². The lowest BCUT2D eigenvalue weighted by molar-refractivity contribution is 0.0766. The minimum absolute atomic E-state index is 0.0944. The Labute approximate surface area is 205 Å². The van der Waals surface area contributed by atoms with Crippen molar-refractivity contribution in [3.05, 3.63) is 52.5 Å². The van der Waals surface area contributed by atoms with Gasteiger partial charge < -0.3 is 20.4 Å². The summed E-state index contributed by atoms with van der Waals surface area (Å²) < 4.78 is 5.84. The number of hydrogen-bond acceptors (Lipinski definition) is 10. The molecule has 0 radical (unpaired) electrons. The van der Waals surface area contributed by atoms with Crippen molar-refractivity contribution in [3.63, 3.8) is 0 Å². The molecule has 11 heteroatoms. The molecule has 0 atom stereocenters. The van der Waals surface area contributed by atoms with Crippen molar-refractivity contribution in [1.82, 2.24) is 30.4 Å². The Balaban J connectivity index is 1.47. The summed E-state index contributed by atoms with van der Waals surface area (Å²) in [5.41, 5.74) is 9.05. The van der Waals surface area contributed by atoms with Gasteiger partial charge in [0.15, 0.2) is 11.5 Å². The van der Waals surface area contributed by atoms with Crippen LogP contribution in [0.4, 0.5) is 5.82 Å². The lowest BCUT2D eigenvalue weighted by Crippen LogP contribution is -2.34. The Morgan fingerprint density at radius 1 is 1.23 bits per heavy atom. The van der Waals surface area contributed by atoms with Crippen molar-refractivity contribution >= 4 is 23.1 Å². The Kier molecular flexibility index (Phi) is 6.22. The molecular formula is C24H22N8O2S. The molecule has 1 amide bonds. The predicted octanol–water partition coefficient (Wildman–Crippen LogP) is 3.12. The Morgan fingerprint density at radius 2 is 2.09 bits per heavy atom. The van der Waals surface area contributed by atoms with Gasteiger partial charge in [-0.05, 0) is 49.0 Å². The fourth-order valence-corrected chi connectivity index (χ4v) is 4.76. The van der Waals surface area contributed by atoms with E-state index in [-0.39, 0.29) is 23.3 Å². The molecule has 3 N–H and O–H groups in total. The quantitative estimate of drug-likeness (QED) is 0.444.